The van der Waals surface area contributed by atoms with Gasteiger partial charge in [-0.1, -0.05) is 60.6 Å². The molecule has 21 heavy (non-hydrogen) atoms. The summed E-state index contributed by atoms with van der Waals surface area (Å²) in [6, 6.07) is 6.40. The van der Waals surface area contributed by atoms with Crippen LogP contribution in [0.2, 0.25) is 0 Å². The van der Waals surface area contributed by atoms with Gasteiger partial charge in [0.25, 0.3) is 0 Å². The van der Waals surface area contributed by atoms with Crippen molar-refractivity contribution < 1.29 is 9.84 Å². The lowest BCUT2D eigenvalue weighted by atomic mass is 9.71. The van der Waals surface area contributed by atoms with Crippen LogP contribution in [0.3, 0.4) is 0 Å². The standard InChI is InChI=1S/C19H32O2/c1-17(2,3)12-18(4,5)14-9-10-16(21-8)15(11-14)19(6,7)13-20/h9-11,20H,12-13H2,1-8H3. The molecule has 0 radical (unpaired) electrons. The number of ether oxygens (including phenoxy) is 1. The highest BCUT2D eigenvalue weighted by atomic mass is 16.5. The van der Waals surface area contributed by atoms with Crippen LogP contribution in [0.25, 0.3) is 0 Å². The van der Waals surface area contributed by atoms with E-state index in [0.29, 0.717) is 0 Å². The molecule has 0 amide bonds. The van der Waals surface area contributed by atoms with E-state index >= 15 is 0 Å². The summed E-state index contributed by atoms with van der Waals surface area (Å²) in [6.45, 7) is 15.6. The molecule has 0 bridgehead atoms. The van der Waals surface area contributed by atoms with Gasteiger partial charge in [0, 0.05) is 11.0 Å². The quantitative estimate of drug-likeness (QED) is 0.854. The van der Waals surface area contributed by atoms with Gasteiger partial charge >= 0.3 is 0 Å². The van der Waals surface area contributed by atoms with E-state index in [1.54, 1.807) is 7.11 Å². The summed E-state index contributed by atoms with van der Waals surface area (Å²) >= 11 is 0. The molecule has 0 saturated carbocycles. The third kappa shape index (κ3) is 4.47. The molecule has 2 nitrogen and oxygen atoms in total. The molecular weight excluding hydrogens is 260 g/mol. The lowest BCUT2D eigenvalue weighted by Gasteiger charge is -2.34. The van der Waals surface area contributed by atoms with Crippen LogP contribution < -0.4 is 4.74 Å². The summed E-state index contributed by atoms with van der Waals surface area (Å²) in [5.41, 5.74) is 2.43. The Kier molecular flexibility index (Phi) is 5.15. The Morgan fingerprint density at radius 1 is 0.952 bits per heavy atom. The second kappa shape index (κ2) is 6.00. The molecule has 0 saturated heterocycles. The summed E-state index contributed by atoms with van der Waals surface area (Å²) in [4.78, 5) is 0. The predicted molar refractivity (Wildman–Crippen MR) is 90.2 cm³/mol. The number of rotatable bonds is 5. The van der Waals surface area contributed by atoms with Crippen molar-refractivity contribution in [1.82, 2.24) is 0 Å². The van der Waals surface area contributed by atoms with E-state index in [1.165, 1.54) is 5.56 Å². The Labute approximate surface area is 130 Å². The van der Waals surface area contributed by atoms with Crippen molar-refractivity contribution >= 4 is 0 Å². The van der Waals surface area contributed by atoms with Crippen LogP contribution in [0.4, 0.5) is 0 Å². The molecule has 1 aromatic carbocycles. The second-order valence-corrected chi connectivity index (χ2v) is 8.58. The van der Waals surface area contributed by atoms with E-state index in [1.807, 2.05) is 19.9 Å². The Morgan fingerprint density at radius 3 is 1.95 bits per heavy atom. The largest absolute Gasteiger partial charge is 0.496 e. The van der Waals surface area contributed by atoms with Crippen LogP contribution >= 0.6 is 0 Å². The van der Waals surface area contributed by atoms with Gasteiger partial charge in [-0.2, -0.15) is 0 Å². The van der Waals surface area contributed by atoms with Gasteiger partial charge in [-0.3, -0.25) is 0 Å². The zero-order valence-corrected chi connectivity index (χ0v) is 15.0. The van der Waals surface area contributed by atoms with Gasteiger partial charge in [-0.05, 0) is 28.9 Å². The zero-order valence-electron chi connectivity index (χ0n) is 15.0. The Bertz CT molecular complexity index is 479. The first kappa shape index (κ1) is 18.0. The minimum absolute atomic E-state index is 0.0881. The Hall–Kier alpha value is -1.02. The molecule has 0 aliphatic carbocycles. The third-order valence-corrected chi connectivity index (χ3v) is 4.08. The maximum absolute atomic E-state index is 9.69. The second-order valence-electron chi connectivity index (χ2n) is 8.58. The highest BCUT2D eigenvalue weighted by Gasteiger charge is 2.30. The first-order chi connectivity index (χ1) is 9.43. The molecule has 0 fully saturated rings. The number of methoxy groups -OCH3 is 1. The van der Waals surface area contributed by atoms with Crippen molar-refractivity contribution in [2.45, 2.75) is 65.7 Å². The van der Waals surface area contributed by atoms with Crippen molar-refractivity contribution in [3.05, 3.63) is 29.3 Å². The molecule has 0 aliphatic heterocycles. The fraction of sp³-hybridized carbons (Fsp3) is 0.684. The molecule has 120 valence electrons. The Balaban J connectivity index is 3.31. The van der Waals surface area contributed by atoms with E-state index in [-0.39, 0.29) is 22.9 Å². The van der Waals surface area contributed by atoms with E-state index in [0.717, 1.165) is 17.7 Å². The molecule has 1 rings (SSSR count). The molecule has 0 spiro atoms. The van der Waals surface area contributed by atoms with E-state index in [4.69, 9.17) is 4.74 Å². The van der Waals surface area contributed by atoms with Crippen LogP contribution in [0.15, 0.2) is 18.2 Å². The minimum atomic E-state index is -0.306. The van der Waals surface area contributed by atoms with Gasteiger partial charge < -0.3 is 9.84 Å². The van der Waals surface area contributed by atoms with Crippen molar-refractivity contribution in [1.29, 1.82) is 0 Å². The molecule has 1 N–H and O–H groups in total. The first-order valence-electron chi connectivity index (χ1n) is 7.73. The highest BCUT2D eigenvalue weighted by molar-refractivity contribution is 5.44. The van der Waals surface area contributed by atoms with Crippen molar-refractivity contribution in [3.63, 3.8) is 0 Å². The third-order valence-electron chi connectivity index (χ3n) is 4.08. The smallest absolute Gasteiger partial charge is 0.122 e. The summed E-state index contributed by atoms with van der Waals surface area (Å²) < 4.78 is 5.49. The Morgan fingerprint density at radius 2 is 1.52 bits per heavy atom. The number of hydrogen-bond acceptors (Lipinski definition) is 2. The number of hydrogen-bond donors (Lipinski definition) is 1. The van der Waals surface area contributed by atoms with Crippen molar-refractivity contribution in [3.8, 4) is 5.75 Å². The molecule has 1 aromatic rings. The van der Waals surface area contributed by atoms with E-state index in [2.05, 4.69) is 46.8 Å². The van der Waals surface area contributed by atoms with Crippen LogP contribution in [-0.2, 0) is 10.8 Å². The monoisotopic (exact) mass is 292 g/mol. The molecule has 0 heterocycles. The molecular formula is C19H32O2. The summed E-state index contributed by atoms with van der Waals surface area (Å²) in [5.74, 6) is 0.851. The SMILES string of the molecule is COc1ccc(C(C)(C)CC(C)(C)C)cc1C(C)(C)CO. The number of aliphatic hydroxyl groups is 1. The highest BCUT2D eigenvalue weighted by Crippen LogP contribution is 2.40. The molecule has 2 heteroatoms. The normalized spacial score (nSPS) is 13.4. The molecule has 0 aromatic heterocycles. The molecule has 0 atom stereocenters. The summed E-state index contributed by atoms with van der Waals surface area (Å²) in [6.07, 6.45) is 1.10. The maximum atomic E-state index is 9.69. The molecule has 0 unspecified atom stereocenters. The van der Waals surface area contributed by atoms with E-state index < -0.39 is 0 Å². The van der Waals surface area contributed by atoms with Crippen LogP contribution in [-0.4, -0.2) is 18.8 Å². The average Bonchev–Trinajstić information content (AvgIpc) is 2.35. The summed E-state index contributed by atoms with van der Waals surface area (Å²) in [7, 11) is 1.69. The summed E-state index contributed by atoms with van der Waals surface area (Å²) in [5, 5.41) is 9.69. The average molecular weight is 292 g/mol. The van der Waals surface area contributed by atoms with Gasteiger partial charge in [-0.25, -0.2) is 0 Å². The van der Waals surface area contributed by atoms with Gasteiger partial charge in [0.15, 0.2) is 0 Å². The zero-order chi connectivity index (χ0) is 16.5. The van der Waals surface area contributed by atoms with Crippen LogP contribution in [0.1, 0.15) is 66.0 Å². The van der Waals surface area contributed by atoms with Crippen molar-refractivity contribution in [2.24, 2.45) is 5.41 Å². The fourth-order valence-corrected chi connectivity index (χ4v) is 3.17. The predicted octanol–water partition coefficient (Wildman–Crippen LogP) is 4.68. The van der Waals surface area contributed by atoms with E-state index in [9.17, 15) is 5.11 Å². The fourth-order valence-electron chi connectivity index (χ4n) is 3.17. The molecule has 0 aliphatic rings. The lowest BCUT2D eigenvalue weighted by Crippen LogP contribution is -2.27. The maximum Gasteiger partial charge on any atom is 0.122 e. The van der Waals surface area contributed by atoms with Gasteiger partial charge in [0.05, 0.1) is 13.7 Å². The van der Waals surface area contributed by atoms with Crippen molar-refractivity contribution in [2.75, 3.05) is 13.7 Å². The lowest BCUT2D eigenvalue weighted by molar-refractivity contribution is 0.214. The van der Waals surface area contributed by atoms with Gasteiger partial charge in [0.2, 0.25) is 0 Å². The van der Waals surface area contributed by atoms with Gasteiger partial charge in [-0.15, -0.1) is 0 Å². The van der Waals surface area contributed by atoms with Crippen LogP contribution in [0, 0.1) is 5.41 Å². The van der Waals surface area contributed by atoms with Gasteiger partial charge in [0.1, 0.15) is 5.75 Å². The van der Waals surface area contributed by atoms with Crippen LogP contribution in [0.5, 0.6) is 5.75 Å². The number of aliphatic hydroxyl groups excluding tert-OH is 1. The minimum Gasteiger partial charge on any atom is -0.496 e. The topological polar surface area (TPSA) is 29.5 Å². The first-order valence-corrected chi connectivity index (χ1v) is 7.73. The number of benzene rings is 1.